The van der Waals surface area contributed by atoms with Crippen LogP contribution in [0, 0.1) is 17.2 Å². The Morgan fingerprint density at radius 2 is 1.88 bits per heavy atom. The highest BCUT2D eigenvalue weighted by atomic mass is 16.1. The Balaban J connectivity index is 2.03. The van der Waals surface area contributed by atoms with Gasteiger partial charge in [0, 0.05) is 11.5 Å². The van der Waals surface area contributed by atoms with E-state index in [0.29, 0.717) is 11.1 Å². The minimum atomic E-state index is -0.151. The molecule has 0 N–H and O–H groups in total. The Bertz CT molecular complexity index is 464. The molecule has 16 heavy (non-hydrogen) atoms. The van der Waals surface area contributed by atoms with Gasteiger partial charge in [-0.3, -0.25) is 9.59 Å². The van der Waals surface area contributed by atoms with E-state index in [1.54, 1.807) is 24.3 Å². The number of nitrogens with zero attached hydrogens (tertiary/aromatic N) is 1. The van der Waals surface area contributed by atoms with Gasteiger partial charge in [0.05, 0.1) is 18.1 Å². The molecule has 0 aliphatic heterocycles. The molecule has 0 bridgehead atoms. The molecule has 80 valence electrons. The molecule has 0 heterocycles. The summed E-state index contributed by atoms with van der Waals surface area (Å²) < 4.78 is 0. The molecule has 0 aromatic heterocycles. The van der Waals surface area contributed by atoms with Crippen molar-refractivity contribution < 1.29 is 9.59 Å². The summed E-state index contributed by atoms with van der Waals surface area (Å²) >= 11 is 0. The van der Waals surface area contributed by atoms with Crippen LogP contribution >= 0.6 is 0 Å². The van der Waals surface area contributed by atoms with Crippen LogP contribution in [-0.2, 0) is 4.79 Å². The van der Waals surface area contributed by atoms with Gasteiger partial charge >= 0.3 is 0 Å². The topological polar surface area (TPSA) is 57.9 Å². The lowest BCUT2D eigenvalue weighted by atomic mass is 10.0. The molecule has 0 radical (unpaired) electrons. The average molecular weight is 213 g/mol. The van der Waals surface area contributed by atoms with Crippen molar-refractivity contribution in [2.45, 2.75) is 19.3 Å². The van der Waals surface area contributed by atoms with Gasteiger partial charge in [0.25, 0.3) is 0 Å². The second-order valence-electron chi connectivity index (χ2n) is 4.03. The van der Waals surface area contributed by atoms with Crippen molar-refractivity contribution in [1.82, 2.24) is 0 Å². The lowest BCUT2D eigenvalue weighted by molar-refractivity contribution is -0.119. The van der Waals surface area contributed by atoms with Crippen LogP contribution in [0.2, 0.25) is 0 Å². The third kappa shape index (κ3) is 2.34. The number of hydrogen-bond acceptors (Lipinski definition) is 3. The Morgan fingerprint density at radius 3 is 2.38 bits per heavy atom. The number of ketones is 2. The molecular formula is C13H11NO2. The zero-order valence-corrected chi connectivity index (χ0v) is 8.77. The molecule has 2 rings (SSSR count). The van der Waals surface area contributed by atoms with Crippen LogP contribution in [0.4, 0.5) is 0 Å². The molecular weight excluding hydrogens is 202 g/mol. The summed E-state index contributed by atoms with van der Waals surface area (Å²) in [6, 6.07) is 8.36. The SMILES string of the molecule is N#Cc1ccc(C(=O)CC(=O)C2CC2)cc1. The van der Waals surface area contributed by atoms with Crippen molar-refractivity contribution in [3.8, 4) is 6.07 Å². The summed E-state index contributed by atoms with van der Waals surface area (Å²) in [5.74, 6) is 0.0260. The lowest BCUT2D eigenvalue weighted by Gasteiger charge is -1.99. The fraction of sp³-hybridized carbons (Fsp3) is 0.308. The molecule has 0 atom stereocenters. The van der Waals surface area contributed by atoms with Gasteiger partial charge in [0.2, 0.25) is 0 Å². The van der Waals surface area contributed by atoms with Gasteiger partial charge in [-0.05, 0) is 25.0 Å². The second kappa shape index (κ2) is 4.28. The fourth-order valence-corrected chi connectivity index (χ4v) is 1.54. The van der Waals surface area contributed by atoms with Crippen LogP contribution in [0.1, 0.15) is 35.2 Å². The van der Waals surface area contributed by atoms with Crippen molar-refractivity contribution >= 4 is 11.6 Å². The third-order valence-electron chi connectivity index (χ3n) is 2.70. The van der Waals surface area contributed by atoms with E-state index < -0.39 is 0 Å². The monoisotopic (exact) mass is 213 g/mol. The maximum Gasteiger partial charge on any atom is 0.170 e. The van der Waals surface area contributed by atoms with E-state index in [9.17, 15) is 9.59 Å². The smallest absolute Gasteiger partial charge is 0.170 e. The molecule has 3 nitrogen and oxygen atoms in total. The molecule has 1 aliphatic carbocycles. The quantitative estimate of drug-likeness (QED) is 0.568. The van der Waals surface area contributed by atoms with Crippen LogP contribution in [0.5, 0.6) is 0 Å². The molecule has 3 heteroatoms. The highest BCUT2D eigenvalue weighted by Crippen LogP contribution is 2.31. The van der Waals surface area contributed by atoms with E-state index in [1.165, 1.54) is 0 Å². The van der Waals surface area contributed by atoms with Crippen LogP contribution in [0.3, 0.4) is 0 Å². The first-order chi connectivity index (χ1) is 7.70. The van der Waals surface area contributed by atoms with Crippen molar-refractivity contribution in [2.75, 3.05) is 0 Å². The minimum Gasteiger partial charge on any atom is -0.299 e. The van der Waals surface area contributed by atoms with E-state index >= 15 is 0 Å². The van der Waals surface area contributed by atoms with Gasteiger partial charge in [-0.2, -0.15) is 5.26 Å². The number of Topliss-reactive ketones (excluding diaryl/α,β-unsaturated/α-hetero) is 2. The van der Waals surface area contributed by atoms with Gasteiger partial charge < -0.3 is 0 Å². The van der Waals surface area contributed by atoms with Crippen LogP contribution < -0.4 is 0 Å². The number of carbonyl (C=O) groups is 2. The van der Waals surface area contributed by atoms with Gasteiger partial charge in [0.15, 0.2) is 5.78 Å². The van der Waals surface area contributed by atoms with E-state index in [1.807, 2.05) is 6.07 Å². The highest BCUT2D eigenvalue weighted by Gasteiger charge is 2.30. The predicted molar refractivity (Wildman–Crippen MR) is 57.8 cm³/mol. The van der Waals surface area contributed by atoms with Crippen LogP contribution in [-0.4, -0.2) is 11.6 Å². The van der Waals surface area contributed by atoms with E-state index in [4.69, 9.17) is 5.26 Å². The van der Waals surface area contributed by atoms with Gasteiger partial charge in [0.1, 0.15) is 5.78 Å². The average Bonchev–Trinajstić information content (AvgIpc) is 3.13. The Labute approximate surface area is 93.7 Å². The molecule has 0 amide bonds. The second-order valence-corrected chi connectivity index (χ2v) is 4.03. The zero-order valence-electron chi connectivity index (χ0n) is 8.77. The van der Waals surface area contributed by atoms with Gasteiger partial charge in [-0.25, -0.2) is 0 Å². The maximum atomic E-state index is 11.7. The fourth-order valence-electron chi connectivity index (χ4n) is 1.54. The highest BCUT2D eigenvalue weighted by molar-refractivity contribution is 6.09. The molecule has 0 spiro atoms. The first-order valence-electron chi connectivity index (χ1n) is 5.27. The normalized spacial score (nSPS) is 14.2. The third-order valence-corrected chi connectivity index (χ3v) is 2.70. The van der Waals surface area contributed by atoms with Gasteiger partial charge in [-0.1, -0.05) is 12.1 Å². The van der Waals surface area contributed by atoms with Crippen molar-refractivity contribution in [3.05, 3.63) is 35.4 Å². The summed E-state index contributed by atoms with van der Waals surface area (Å²) in [5.41, 5.74) is 1.03. The van der Waals surface area contributed by atoms with E-state index in [0.717, 1.165) is 12.8 Å². The molecule has 1 aliphatic rings. The number of rotatable bonds is 4. The Hall–Kier alpha value is -1.95. The Kier molecular flexibility index (Phi) is 2.82. The van der Waals surface area contributed by atoms with Crippen molar-refractivity contribution in [1.29, 1.82) is 5.26 Å². The molecule has 1 saturated carbocycles. The van der Waals surface area contributed by atoms with Crippen LogP contribution in [0.25, 0.3) is 0 Å². The Morgan fingerprint density at radius 1 is 1.25 bits per heavy atom. The van der Waals surface area contributed by atoms with E-state index in [-0.39, 0.29) is 23.9 Å². The first kappa shape index (κ1) is 10.6. The number of benzene rings is 1. The van der Waals surface area contributed by atoms with Crippen molar-refractivity contribution in [3.63, 3.8) is 0 Å². The lowest BCUT2D eigenvalue weighted by Crippen LogP contribution is -2.09. The van der Waals surface area contributed by atoms with E-state index in [2.05, 4.69) is 0 Å². The predicted octanol–water partition coefficient (Wildman–Crippen LogP) is 2.11. The summed E-state index contributed by atoms with van der Waals surface area (Å²) in [6.07, 6.45) is 1.86. The van der Waals surface area contributed by atoms with Crippen molar-refractivity contribution in [2.24, 2.45) is 5.92 Å². The molecule has 1 aromatic carbocycles. The molecule has 1 aromatic rings. The molecule has 0 unspecified atom stereocenters. The number of carbonyl (C=O) groups excluding carboxylic acids is 2. The minimum absolute atomic E-state index is 0.00341. The summed E-state index contributed by atoms with van der Waals surface area (Å²) in [5, 5.41) is 8.60. The summed E-state index contributed by atoms with van der Waals surface area (Å²) in [4.78, 5) is 23.1. The van der Waals surface area contributed by atoms with Gasteiger partial charge in [-0.15, -0.1) is 0 Å². The maximum absolute atomic E-state index is 11.7. The summed E-state index contributed by atoms with van der Waals surface area (Å²) in [6.45, 7) is 0. The number of nitriles is 1. The first-order valence-corrected chi connectivity index (χ1v) is 5.27. The largest absolute Gasteiger partial charge is 0.299 e. The standard InChI is InChI=1S/C13H11NO2/c14-8-9-1-3-10(4-2-9)12(15)7-13(16)11-5-6-11/h1-4,11H,5-7H2. The molecule has 1 fully saturated rings. The zero-order chi connectivity index (χ0) is 11.5. The van der Waals surface area contributed by atoms with Crippen LogP contribution in [0.15, 0.2) is 24.3 Å². The number of hydrogen-bond donors (Lipinski definition) is 0. The molecule has 0 saturated heterocycles. The summed E-state index contributed by atoms with van der Waals surface area (Å²) in [7, 11) is 0.